The fraction of sp³-hybridized carbons (Fsp3) is 0.625. The minimum absolute atomic E-state index is 0.0918. The van der Waals surface area contributed by atoms with Crippen LogP contribution in [0.3, 0.4) is 0 Å². The van der Waals surface area contributed by atoms with Gasteiger partial charge in [0.2, 0.25) is 5.16 Å². The summed E-state index contributed by atoms with van der Waals surface area (Å²) >= 11 is 1.30. The first-order chi connectivity index (χ1) is 7.02. The molecule has 0 fully saturated rings. The number of nitrogens with zero attached hydrogens (tertiary/aromatic N) is 3. The lowest BCUT2D eigenvalue weighted by Crippen LogP contribution is -2.15. The van der Waals surface area contributed by atoms with E-state index in [1.54, 1.807) is 0 Å². The van der Waals surface area contributed by atoms with E-state index in [2.05, 4.69) is 10.2 Å². The molecule has 1 aromatic heterocycles. The molecule has 1 aromatic rings. The molecule has 0 amide bonds. The molecule has 7 heteroatoms. The third-order valence-electron chi connectivity index (χ3n) is 1.75. The lowest BCUT2D eigenvalue weighted by atomic mass is 10.2. The Kier molecular flexibility index (Phi) is 3.96. The fourth-order valence-electron chi connectivity index (χ4n) is 1.01. The van der Waals surface area contributed by atoms with Crippen LogP contribution in [0.25, 0.3) is 0 Å². The minimum Gasteiger partial charge on any atom is -0.481 e. The van der Waals surface area contributed by atoms with Crippen LogP contribution < -0.4 is 5.84 Å². The molecule has 0 saturated heterocycles. The summed E-state index contributed by atoms with van der Waals surface area (Å²) < 4.78 is 1.41. The summed E-state index contributed by atoms with van der Waals surface area (Å²) in [4.78, 5) is 10.3. The molecule has 1 rings (SSSR count). The number of rotatable bonds is 5. The SMILES string of the molecule is CC(C)c1nnc(SCCC(=O)O)n1N. The smallest absolute Gasteiger partial charge is 0.304 e. The maximum absolute atomic E-state index is 10.3. The number of carbonyl (C=O) groups is 1. The van der Waals surface area contributed by atoms with Gasteiger partial charge in [0.25, 0.3) is 0 Å². The van der Waals surface area contributed by atoms with Crippen molar-refractivity contribution in [1.29, 1.82) is 0 Å². The van der Waals surface area contributed by atoms with Gasteiger partial charge in [-0.1, -0.05) is 25.6 Å². The Hall–Kier alpha value is -1.24. The zero-order valence-corrected chi connectivity index (χ0v) is 9.49. The summed E-state index contributed by atoms with van der Waals surface area (Å²) in [6.45, 7) is 3.94. The molecule has 0 unspecified atom stereocenters. The summed E-state index contributed by atoms with van der Waals surface area (Å²) in [6.07, 6.45) is 0.0918. The average Bonchev–Trinajstić information content (AvgIpc) is 2.47. The molecule has 15 heavy (non-hydrogen) atoms. The van der Waals surface area contributed by atoms with Crippen LogP contribution >= 0.6 is 11.8 Å². The van der Waals surface area contributed by atoms with Crippen molar-refractivity contribution in [2.75, 3.05) is 11.6 Å². The molecule has 0 aromatic carbocycles. The van der Waals surface area contributed by atoms with Crippen LogP contribution in [0.4, 0.5) is 0 Å². The summed E-state index contributed by atoms with van der Waals surface area (Å²) in [6, 6.07) is 0. The maximum Gasteiger partial charge on any atom is 0.304 e. The number of aromatic nitrogens is 3. The lowest BCUT2D eigenvalue weighted by molar-refractivity contribution is -0.136. The normalized spacial score (nSPS) is 10.9. The molecule has 0 aliphatic carbocycles. The maximum atomic E-state index is 10.3. The molecule has 0 radical (unpaired) electrons. The van der Waals surface area contributed by atoms with Gasteiger partial charge in [0.15, 0.2) is 5.82 Å². The van der Waals surface area contributed by atoms with Gasteiger partial charge in [0, 0.05) is 11.7 Å². The Bertz CT molecular complexity index is 350. The van der Waals surface area contributed by atoms with E-state index in [0.717, 1.165) is 0 Å². The number of hydrogen-bond acceptors (Lipinski definition) is 5. The van der Waals surface area contributed by atoms with Crippen molar-refractivity contribution in [3.63, 3.8) is 0 Å². The van der Waals surface area contributed by atoms with Gasteiger partial charge < -0.3 is 10.9 Å². The van der Waals surface area contributed by atoms with Gasteiger partial charge in [-0.05, 0) is 0 Å². The molecule has 0 aliphatic rings. The van der Waals surface area contributed by atoms with Crippen LogP contribution in [0.2, 0.25) is 0 Å². The second-order valence-corrected chi connectivity index (χ2v) is 4.42. The summed E-state index contributed by atoms with van der Waals surface area (Å²) in [7, 11) is 0. The van der Waals surface area contributed by atoms with E-state index >= 15 is 0 Å². The Balaban J connectivity index is 2.59. The van der Waals surface area contributed by atoms with Crippen molar-refractivity contribution >= 4 is 17.7 Å². The summed E-state index contributed by atoms with van der Waals surface area (Å²) in [5.41, 5.74) is 0. The number of carboxylic acid groups (broad SMARTS) is 1. The van der Waals surface area contributed by atoms with Gasteiger partial charge in [0.1, 0.15) is 0 Å². The molecule has 84 valence electrons. The lowest BCUT2D eigenvalue weighted by Gasteiger charge is -2.04. The van der Waals surface area contributed by atoms with E-state index in [9.17, 15) is 4.79 Å². The van der Waals surface area contributed by atoms with Gasteiger partial charge in [0.05, 0.1) is 6.42 Å². The number of aliphatic carboxylic acids is 1. The summed E-state index contributed by atoms with van der Waals surface area (Å²) in [5.74, 6) is 6.27. The Morgan fingerprint density at radius 1 is 1.60 bits per heavy atom. The monoisotopic (exact) mass is 230 g/mol. The van der Waals surface area contributed by atoms with Gasteiger partial charge in [-0.3, -0.25) is 4.79 Å². The highest BCUT2D eigenvalue weighted by Crippen LogP contribution is 2.18. The van der Waals surface area contributed by atoms with Crippen LogP contribution in [0.15, 0.2) is 5.16 Å². The quantitative estimate of drug-likeness (QED) is 0.570. The molecule has 0 aliphatic heterocycles. The Morgan fingerprint density at radius 3 is 2.73 bits per heavy atom. The average molecular weight is 230 g/mol. The zero-order chi connectivity index (χ0) is 11.4. The van der Waals surface area contributed by atoms with Gasteiger partial charge in [-0.25, -0.2) is 4.68 Å². The zero-order valence-electron chi connectivity index (χ0n) is 8.67. The largest absolute Gasteiger partial charge is 0.481 e. The van der Waals surface area contributed by atoms with E-state index < -0.39 is 5.97 Å². The number of carboxylic acids is 1. The van der Waals surface area contributed by atoms with Crippen molar-refractivity contribution < 1.29 is 9.90 Å². The third kappa shape index (κ3) is 3.12. The van der Waals surface area contributed by atoms with E-state index in [1.807, 2.05) is 13.8 Å². The van der Waals surface area contributed by atoms with Crippen LogP contribution in [-0.4, -0.2) is 31.7 Å². The first kappa shape index (κ1) is 11.8. The van der Waals surface area contributed by atoms with Crippen molar-refractivity contribution in [1.82, 2.24) is 14.9 Å². The van der Waals surface area contributed by atoms with Gasteiger partial charge >= 0.3 is 5.97 Å². The van der Waals surface area contributed by atoms with Crippen molar-refractivity contribution in [3.05, 3.63) is 5.82 Å². The van der Waals surface area contributed by atoms with E-state index in [4.69, 9.17) is 10.9 Å². The summed E-state index contributed by atoms with van der Waals surface area (Å²) in [5, 5.41) is 16.8. The highest BCUT2D eigenvalue weighted by Gasteiger charge is 2.12. The predicted molar refractivity (Wildman–Crippen MR) is 57.2 cm³/mol. The van der Waals surface area contributed by atoms with Crippen LogP contribution in [0.1, 0.15) is 32.0 Å². The highest BCUT2D eigenvalue weighted by atomic mass is 32.2. The number of thioether (sulfide) groups is 1. The second-order valence-electron chi connectivity index (χ2n) is 3.36. The van der Waals surface area contributed by atoms with Crippen molar-refractivity contribution in [3.8, 4) is 0 Å². The van der Waals surface area contributed by atoms with Crippen LogP contribution in [0, 0.1) is 0 Å². The molecule has 3 N–H and O–H groups in total. The van der Waals surface area contributed by atoms with E-state index in [0.29, 0.717) is 16.7 Å². The Labute approximate surface area is 91.8 Å². The first-order valence-corrected chi connectivity index (χ1v) is 5.56. The second kappa shape index (κ2) is 5.01. The molecule has 0 bridgehead atoms. The van der Waals surface area contributed by atoms with Crippen molar-refractivity contribution in [2.45, 2.75) is 31.3 Å². The molecule has 0 saturated carbocycles. The molecule has 0 atom stereocenters. The first-order valence-electron chi connectivity index (χ1n) is 4.57. The Morgan fingerprint density at radius 2 is 2.27 bits per heavy atom. The van der Waals surface area contributed by atoms with Gasteiger partial charge in [-0.15, -0.1) is 10.2 Å². The molecule has 0 spiro atoms. The van der Waals surface area contributed by atoms with E-state index in [-0.39, 0.29) is 12.3 Å². The highest BCUT2D eigenvalue weighted by molar-refractivity contribution is 7.99. The standard InChI is InChI=1S/C8H14N4O2S/c1-5(2)7-10-11-8(12(7)9)15-4-3-6(13)14/h5H,3-4,9H2,1-2H3,(H,13,14). The topological polar surface area (TPSA) is 94.0 Å². The molecular weight excluding hydrogens is 216 g/mol. The van der Waals surface area contributed by atoms with Crippen LogP contribution in [-0.2, 0) is 4.79 Å². The third-order valence-corrected chi connectivity index (χ3v) is 2.70. The molecule has 1 heterocycles. The molecule has 6 nitrogen and oxygen atoms in total. The van der Waals surface area contributed by atoms with Crippen molar-refractivity contribution in [2.24, 2.45) is 0 Å². The fourth-order valence-corrected chi connectivity index (χ4v) is 1.80. The van der Waals surface area contributed by atoms with E-state index in [1.165, 1.54) is 16.4 Å². The number of nitrogen functional groups attached to an aromatic ring is 1. The number of nitrogens with two attached hydrogens (primary N) is 1. The van der Waals surface area contributed by atoms with Crippen LogP contribution in [0.5, 0.6) is 0 Å². The van der Waals surface area contributed by atoms with Gasteiger partial charge in [-0.2, -0.15) is 0 Å². The molecular formula is C8H14N4O2S. The minimum atomic E-state index is -0.824. The predicted octanol–water partition coefficient (Wildman–Crippen LogP) is 0.682. The number of hydrogen-bond donors (Lipinski definition) is 2.